The Morgan fingerprint density at radius 2 is 2.12 bits per heavy atom. The number of amides is 1. The van der Waals surface area contributed by atoms with Crippen LogP contribution in [-0.2, 0) is 4.79 Å². The molecule has 1 spiro atoms. The molecule has 0 bridgehead atoms. The number of ketones is 1. The first kappa shape index (κ1) is 15.4. The molecule has 4 aliphatic rings. The summed E-state index contributed by atoms with van der Waals surface area (Å²) in [6, 6.07) is 7.44. The van der Waals surface area contributed by atoms with Crippen LogP contribution in [0.5, 0.6) is 5.75 Å². The molecule has 0 aromatic heterocycles. The molecule has 3 fully saturated rings. The van der Waals surface area contributed by atoms with Crippen molar-refractivity contribution in [2.24, 2.45) is 17.8 Å². The summed E-state index contributed by atoms with van der Waals surface area (Å²) in [6.07, 6.45) is 3.44. The smallest absolute Gasteiger partial charge is 0.226 e. The van der Waals surface area contributed by atoms with Crippen LogP contribution in [0.4, 0.5) is 0 Å². The van der Waals surface area contributed by atoms with Gasteiger partial charge in [-0.2, -0.15) is 0 Å². The topological polar surface area (TPSA) is 66.8 Å². The number of benzene rings is 1. The van der Waals surface area contributed by atoms with Crippen LogP contribution >= 0.6 is 0 Å². The molecule has 2 aliphatic carbocycles. The lowest BCUT2D eigenvalue weighted by Gasteiger charge is -2.38. The molecule has 25 heavy (non-hydrogen) atoms. The predicted octanol–water partition coefficient (Wildman–Crippen LogP) is 2.03. The lowest BCUT2D eigenvalue weighted by atomic mass is 9.84. The monoisotopic (exact) mass is 341 g/mol. The first-order chi connectivity index (χ1) is 12.1. The second-order valence-electron chi connectivity index (χ2n) is 8.10. The number of para-hydroxylation sites is 1. The number of ether oxygens (including phenoxy) is 1. The van der Waals surface area contributed by atoms with Crippen molar-refractivity contribution in [3.8, 4) is 5.75 Å². The van der Waals surface area contributed by atoms with Crippen LogP contribution in [0.1, 0.15) is 42.5 Å². The van der Waals surface area contributed by atoms with Crippen molar-refractivity contribution in [2.75, 3.05) is 13.1 Å². The summed E-state index contributed by atoms with van der Waals surface area (Å²) in [5, 5.41) is 9.86. The molecule has 1 amide bonds. The Kier molecular flexibility index (Phi) is 3.26. The number of carbonyl (C=O) groups excluding carboxylic acids is 2. The number of fused-ring (bicyclic) bond motifs is 3. The van der Waals surface area contributed by atoms with Crippen molar-refractivity contribution in [3.63, 3.8) is 0 Å². The number of nitrogens with zero attached hydrogens (tertiary/aromatic N) is 1. The number of hydrogen-bond donors (Lipinski definition) is 1. The third-order valence-electron chi connectivity index (χ3n) is 6.63. The molecule has 5 nitrogen and oxygen atoms in total. The molecule has 132 valence electrons. The highest BCUT2D eigenvalue weighted by Gasteiger charge is 2.71. The van der Waals surface area contributed by atoms with E-state index in [1.54, 1.807) is 0 Å². The van der Waals surface area contributed by atoms with E-state index in [-0.39, 0.29) is 23.5 Å². The van der Waals surface area contributed by atoms with E-state index in [9.17, 15) is 14.7 Å². The molecule has 5 atom stereocenters. The van der Waals surface area contributed by atoms with Gasteiger partial charge >= 0.3 is 0 Å². The molecule has 5 heteroatoms. The predicted molar refractivity (Wildman–Crippen MR) is 90.3 cm³/mol. The molecule has 0 radical (unpaired) electrons. The van der Waals surface area contributed by atoms with Crippen molar-refractivity contribution in [1.29, 1.82) is 0 Å². The third-order valence-corrected chi connectivity index (χ3v) is 6.63. The zero-order chi connectivity index (χ0) is 17.2. The van der Waals surface area contributed by atoms with Crippen LogP contribution in [0.2, 0.25) is 0 Å². The van der Waals surface area contributed by atoms with E-state index in [1.807, 2.05) is 29.2 Å². The van der Waals surface area contributed by atoms with Gasteiger partial charge < -0.3 is 14.7 Å². The van der Waals surface area contributed by atoms with Crippen molar-refractivity contribution in [3.05, 3.63) is 29.8 Å². The summed E-state index contributed by atoms with van der Waals surface area (Å²) in [4.78, 5) is 27.4. The molecule has 2 aliphatic heterocycles. The molecule has 2 saturated carbocycles. The maximum absolute atomic E-state index is 12.9. The summed E-state index contributed by atoms with van der Waals surface area (Å²) in [6.45, 7) is 1.19. The first-order valence-electron chi connectivity index (χ1n) is 9.37. The Balaban J connectivity index is 1.38. The fourth-order valence-electron chi connectivity index (χ4n) is 5.46. The Hall–Kier alpha value is -1.88. The highest BCUT2D eigenvalue weighted by molar-refractivity contribution is 6.00. The van der Waals surface area contributed by atoms with Gasteiger partial charge in [-0.25, -0.2) is 0 Å². The van der Waals surface area contributed by atoms with Crippen LogP contribution in [0.3, 0.4) is 0 Å². The van der Waals surface area contributed by atoms with Crippen molar-refractivity contribution >= 4 is 11.7 Å². The van der Waals surface area contributed by atoms with Gasteiger partial charge in [0.05, 0.1) is 18.1 Å². The maximum atomic E-state index is 12.9. The van der Waals surface area contributed by atoms with Gasteiger partial charge in [0, 0.05) is 24.9 Å². The molecule has 5 rings (SSSR count). The van der Waals surface area contributed by atoms with E-state index in [2.05, 4.69) is 0 Å². The molecule has 1 aromatic rings. The van der Waals surface area contributed by atoms with Gasteiger partial charge in [-0.1, -0.05) is 12.1 Å². The standard InChI is InChI=1S/C20H23NO4/c22-12-4-3-9-21(11-12)19(24)17-14-7-8-20(18(14)17)10-15(23)13-5-1-2-6-16(13)25-20/h1-2,5-6,12,14,17-18,22H,3-4,7-11H2/t12-,14+,17+,18+,20-/m0/s1. The minimum absolute atomic E-state index is 0.0305. The SMILES string of the molecule is O=C1C[C@]2(CC[C@@H]3[C@@H](C(=O)N4CCC[C@H](O)C4)[C@@H]32)Oc2ccccc21. The lowest BCUT2D eigenvalue weighted by Crippen LogP contribution is -2.47. The normalized spacial score (nSPS) is 38.9. The Morgan fingerprint density at radius 3 is 2.96 bits per heavy atom. The number of likely N-dealkylation sites (tertiary alicyclic amines) is 1. The van der Waals surface area contributed by atoms with E-state index in [4.69, 9.17) is 4.74 Å². The molecular weight excluding hydrogens is 318 g/mol. The van der Waals surface area contributed by atoms with Gasteiger partial charge in [0.25, 0.3) is 0 Å². The largest absolute Gasteiger partial charge is 0.486 e. The van der Waals surface area contributed by atoms with E-state index >= 15 is 0 Å². The van der Waals surface area contributed by atoms with Crippen molar-refractivity contribution < 1.29 is 19.4 Å². The maximum Gasteiger partial charge on any atom is 0.226 e. The molecule has 2 heterocycles. The Morgan fingerprint density at radius 1 is 1.28 bits per heavy atom. The van der Waals surface area contributed by atoms with Crippen LogP contribution in [0.25, 0.3) is 0 Å². The lowest BCUT2D eigenvalue weighted by molar-refractivity contribution is -0.137. The highest BCUT2D eigenvalue weighted by Crippen LogP contribution is 2.66. The number of aliphatic hydroxyl groups excluding tert-OH is 1. The van der Waals surface area contributed by atoms with Crippen LogP contribution in [-0.4, -0.2) is 46.5 Å². The number of hydrogen-bond acceptors (Lipinski definition) is 4. The van der Waals surface area contributed by atoms with Gasteiger partial charge in [-0.15, -0.1) is 0 Å². The first-order valence-corrected chi connectivity index (χ1v) is 9.37. The van der Waals surface area contributed by atoms with Gasteiger partial charge in [-0.3, -0.25) is 9.59 Å². The number of rotatable bonds is 1. The van der Waals surface area contributed by atoms with Gasteiger partial charge in [0.15, 0.2) is 5.78 Å². The minimum atomic E-state index is -0.495. The van der Waals surface area contributed by atoms with Crippen LogP contribution in [0.15, 0.2) is 24.3 Å². The quantitative estimate of drug-likeness (QED) is 0.849. The number of β-amino-alcohol motifs (C(OH)–C–C–N with tert-alkyl or cyclic N) is 1. The van der Waals surface area contributed by atoms with Gasteiger partial charge in [-0.05, 0) is 43.7 Å². The van der Waals surface area contributed by atoms with Crippen LogP contribution in [0, 0.1) is 17.8 Å². The Bertz CT molecular complexity index is 747. The summed E-state index contributed by atoms with van der Waals surface area (Å²) in [5.74, 6) is 1.42. The molecule has 0 unspecified atom stereocenters. The highest BCUT2D eigenvalue weighted by atomic mass is 16.5. The zero-order valence-electron chi connectivity index (χ0n) is 14.2. The molecule has 1 saturated heterocycles. The number of piperidine rings is 1. The Labute approximate surface area is 147 Å². The minimum Gasteiger partial charge on any atom is -0.486 e. The summed E-state index contributed by atoms with van der Waals surface area (Å²) >= 11 is 0. The van der Waals surface area contributed by atoms with E-state index in [0.717, 1.165) is 32.2 Å². The van der Waals surface area contributed by atoms with Gasteiger partial charge in [0.2, 0.25) is 5.91 Å². The van der Waals surface area contributed by atoms with Gasteiger partial charge in [0.1, 0.15) is 11.4 Å². The number of Topliss-reactive ketones (excluding diaryl/α,β-unsaturated/α-hetero) is 1. The summed E-state index contributed by atoms with van der Waals surface area (Å²) in [7, 11) is 0. The van der Waals surface area contributed by atoms with E-state index in [1.165, 1.54) is 0 Å². The molecular formula is C20H23NO4. The fourth-order valence-corrected chi connectivity index (χ4v) is 5.46. The average Bonchev–Trinajstić information content (AvgIpc) is 3.25. The fraction of sp³-hybridized carbons (Fsp3) is 0.600. The molecule has 1 N–H and O–H groups in total. The van der Waals surface area contributed by atoms with E-state index in [0.29, 0.717) is 30.2 Å². The third kappa shape index (κ3) is 2.25. The average molecular weight is 341 g/mol. The number of carbonyl (C=O) groups is 2. The van der Waals surface area contributed by atoms with Crippen molar-refractivity contribution in [1.82, 2.24) is 4.90 Å². The van der Waals surface area contributed by atoms with E-state index < -0.39 is 11.7 Å². The second-order valence-corrected chi connectivity index (χ2v) is 8.10. The second kappa shape index (κ2) is 5.31. The zero-order valence-corrected chi connectivity index (χ0v) is 14.2. The summed E-state index contributed by atoms with van der Waals surface area (Å²) in [5.41, 5.74) is 0.171. The summed E-state index contributed by atoms with van der Waals surface area (Å²) < 4.78 is 6.35. The van der Waals surface area contributed by atoms with Crippen molar-refractivity contribution in [2.45, 2.75) is 43.8 Å². The van der Waals surface area contributed by atoms with Crippen LogP contribution < -0.4 is 4.74 Å². The number of aliphatic hydroxyl groups is 1. The molecule has 1 aromatic carbocycles.